The topological polar surface area (TPSA) is 70.8 Å². The number of hydrogen-bond donors (Lipinski definition) is 0. The first-order valence-electron chi connectivity index (χ1n) is 11.5. The first kappa shape index (κ1) is 24.9. The van der Waals surface area contributed by atoms with Crippen LogP contribution in [0, 0.1) is 5.82 Å². The number of rotatable bonds is 7. The van der Waals surface area contributed by atoms with Crippen molar-refractivity contribution in [2.24, 2.45) is 0 Å². The van der Waals surface area contributed by atoms with Crippen LogP contribution in [0.2, 0.25) is 0 Å². The van der Waals surface area contributed by atoms with Crippen molar-refractivity contribution in [3.63, 3.8) is 0 Å². The molecular weight excluding hydrogens is 521 g/mol. The number of hydrogen-bond acceptors (Lipinski definition) is 6. The molecule has 0 amide bonds. The number of benzene rings is 1. The standard InChI is InChI=1S/C25H25ClFN5O2S2/c1-3-21-24(30(2)25-29-22(15-35-25)18-4-7-20(27)8-5-18)32-14-19(6-9-23(32)28-21)17-10-12-31(13-11-17)36(33,34)16-26/h4-10,14-15H,3,11-13,16H2,1-2H3. The van der Waals surface area contributed by atoms with Crippen LogP contribution < -0.4 is 4.90 Å². The summed E-state index contributed by atoms with van der Waals surface area (Å²) in [5.41, 5.74) is 5.54. The number of sulfonamides is 1. The molecule has 188 valence electrons. The lowest BCUT2D eigenvalue weighted by Gasteiger charge is -2.25. The summed E-state index contributed by atoms with van der Waals surface area (Å²) in [6.07, 6.45) is 5.36. The second-order valence-electron chi connectivity index (χ2n) is 8.52. The third kappa shape index (κ3) is 4.66. The SMILES string of the molecule is CCc1nc2ccc(C3=CCN(S(=O)(=O)CCl)CC3)cn2c1N(C)c1nc(-c2ccc(F)cc2)cs1. The summed E-state index contributed by atoms with van der Waals surface area (Å²) in [7, 11) is -1.45. The maximum Gasteiger partial charge on any atom is 0.228 e. The van der Waals surface area contributed by atoms with E-state index in [4.69, 9.17) is 21.6 Å². The number of halogens is 2. The van der Waals surface area contributed by atoms with Gasteiger partial charge in [-0.2, -0.15) is 4.31 Å². The minimum absolute atomic E-state index is 0.276. The number of imidazole rings is 1. The van der Waals surface area contributed by atoms with Crippen LogP contribution in [0.3, 0.4) is 0 Å². The molecule has 36 heavy (non-hydrogen) atoms. The number of fused-ring (bicyclic) bond motifs is 1. The first-order chi connectivity index (χ1) is 17.3. The van der Waals surface area contributed by atoms with E-state index in [2.05, 4.69) is 17.5 Å². The van der Waals surface area contributed by atoms with Crippen LogP contribution >= 0.6 is 22.9 Å². The number of aryl methyl sites for hydroxylation is 1. The fourth-order valence-corrected chi connectivity index (χ4v) is 6.38. The zero-order valence-electron chi connectivity index (χ0n) is 19.9. The largest absolute Gasteiger partial charge is 0.305 e. The van der Waals surface area contributed by atoms with Crippen LogP contribution in [0.1, 0.15) is 24.6 Å². The summed E-state index contributed by atoms with van der Waals surface area (Å²) < 4.78 is 41.0. The third-order valence-corrected chi connectivity index (χ3v) is 9.45. The fourth-order valence-electron chi connectivity index (χ4n) is 4.36. The third-order valence-electron chi connectivity index (χ3n) is 6.31. The van der Waals surface area contributed by atoms with E-state index in [0.717, 1.165) is 51.1 Å². The van der Waals surface area contributed by atoms with E-state index in [1.807, 2.05) is 35.5 Å². The molecule has 5 rings (SSSR count). The maximum atomic E-state index is 13.3. The second-order valence-corrected chi connectivity index (χ2v) is 11.9. The van der Waals surface area contributed by atoms with Gasteiger partial charge in [0.05, 0.1) is 11.4 Å². The lowest BCUT2D eigenvalue weighted by Crippen LogP contribution is -2.35. The van der Waals surface area contributed by atoms with Gasteiger partial charge in [-0.25, -0.2) is 22.8 Å². The van der Waals surface area contributed by atoms with Gasteiger partial charge in [0.1, 0.15) is 22.5 Å². The van der Waals surface area contributed by atoms with Crippen LogP contribution in [0.25, 0.3) is 22.5 Å². The van der Waals surface area contributed by atoms with Gasteiger partial charge in [-0.1, -0.05) is 13.0 Å². The summed E-state index contributed by atoms with van der Waals surface area (Å²) >= 11 is 7.13. The molecule has 11 heteroatoms. The summed E-state index contributed by atoms with van der Waals surface area (Å²) in [6.45, 7) is 2.78. The van der Waals surface area contributed by atoms with Gasteiger partial charge in [-0.05, 0) is 60.4 Å². The summed E-state index contributed by atoms with van der Waals surface area (Å²) in [5.74, 6) is 0.652. The molecule has 4 aromatic rings. The number of pyridine rings is 1. The van der Waals surface area contributed by atoms with Crippen LogP contribution in [-0.2, 0) is 16.4 Å². The Morgan fingerprint density at radius 1 is 1.14 bits per heavy atom. The molecule has 0 N–H and O–H groups in total. The smallest absolute Gasteiger partial charge is 0.228 e. The molecule has 3 aromatic heterocycles. The van der Waals surface area contributed by atoms with E-state index in [0.29, 0.717) is 19.5 Å². The van der Waals surface area contributed by atoms with Crippen LogP contribution in [0.4, 0.5) is 15.3 Å². The minimum atomic E-state index is -3.42. The van der Waals surface area contributed by atoms with Gasteiger partial charge in [0.2, 0.25) is 10.0 Å². The Morgan fingerprint density at radius 2 is 1.89 bits per heavy atom. The average Bonchev–Trinajstić information content (AvgIpc) is 3.53. The van der Waals surface area contributed by atoms with Gasteiger partial charge in [0.25, 0.3) is 0 Å². The van der Waals surface area contributed by atoms with Gasteiger partial charge < -0.3 is 4.90 Å². The van der Waals surface area contributed by atoms with E-state index in [-0.39, 0.29) is 5.82 Å². The summed E-state index contributed by atoms with van der Waals surface area (Å²) in [6, 6.07) is 10.3. The van der Waals surface area contributed by atoms with E-state index < -0.39 is 15.2 Å². The monoisotopic (exact) mass is 545 g/mol. The Labute approximate surface area is 218 Å². The summed E-state index contributed by atoms with van der Waals surface area (Å²) in [5, 5.41) is 2.36. The highest BCUT2D eigenvalue weighted by Gasteiger charge is 2.24. The summed E-state index contributed by atoms with van der Waals surface area (Å²) in [4.78, 5) is 11.7. The Hall–Kier alpha value is -2.79. The van der Waals surface area contributed by atoms with Gasteiger partial charge in [0, 0.05) is 37.3 Å². The number of thiazole rings is 1. The Bertz CT molecular complexity index is 1550. The molecule has 0 unspecified atom stereocenters. The molecule has 0 radical (unpaired) electrons. The molecule has 0 aliphatic carbocycles. The van der Waals surface area contributed by atoms with Crippen molar-refractivity contribution in [2.45, 2.75) is 19.8 Å². The number of nitrogens with zero attached hydrogens (tertiary/aromatic N) is 5. The predicted octanol–water partition coefficient (Wildman–Crippen LogP) is 5.54. The van der Waals surface area contributed by atoms with Crippen molar-refractivity contribution in [3.8, 4) is 11.3 Å². The Kier molecular flexibility index (Phi) is 6.86. The van der Waals surface area contributed by atoms with Crippen molar-refractivity contribution < 1.29 is 12.8 Å². The lowest BCUT2D eigenvalue weighted by atomic mass is 10.0. The highest BCUT2D eigenvalue weighted by Crippen LogP contribution is 2.34. The van der Waals surface area contributed by atoms with E-state index in [9.17, 15) is 12.8 Å². The molecule has 0 atom stereocenters. The Morgan fingerprint density at radius 3 is 2.56 bits per heavy atom. The molecule has 1 aliphatic heterocycles. The molecule has 0 spiro atoms. The van der Waals surface area contributed by atoms with Crippen molar-refractivity contribution in [1.29, 1.82) is 0 Å². The van der Waals surface area contributed by atoms with E-state index >= 15 is 0 Å². The van der Waals surface area contributed by atoms with E-state index in [1.165, 1.54) is 27.8 Å². The van der Waals surface area contributed by atoms with Gasteiger partial charge in [-0.3, -0.25) is 4.40 Å². The van der Waals surface area contributed by atoms with Gasteiger partial charge >= 0.3 is 0 Å². The van der Waals surface area contributed by atoms with Crippen molar-refractivity contribution >= 4 is 55.1 Å². The molecular formula is C25H25ClFN5O2S2. The maximum absolute atomic E-state index is 13.3. The highest BCUT2D eigenvalue weighted by atomic mass is 35.5. The molecule has 0 saturated heterocycles. The van der Waals surface area contributed by atoms with Crippen LogP contribution in [0.5, 0.6) is 0 Å². The second kappa shape index (κ2) is 9.93. The van der Waals surface area contributed by atoms with Gasteiger partial charge in [0.15, 0.2) is 5.13 Å². The van der Waals surface area contributed by atoms with Crippen LogP contribution in [0.15, 0.2) is 54.1 Å². The number of anilines is 2. The zero-order chi connectivity index (χ0) is 25.4. The number of aromatic nitrogens is 3. The zero-order valence-corrected chi connectivity index (χ0v) is 22.2. The Balaban J connectivity index is 1.49. The minimum Gasteiger partial charge on any atom is -0.305 e. The molecule has 7 nitrogen and oxygen atoms in total. The molecule has 0 fully saturated rings. The van der Waals surface area contributed by atoms with E-state index in [1.54, 1.807) is 12.1 Å². The molecule has 4 heterocycles. The average molecular weight is 546 g/mol. The lowest BCUT2D eigenvalue weighted by molar-refractivity contribution is 0.444. The fraction of sp³-hybridized carbons (Fsp3) is 0.280. The first-order valence-corrected chi connectivity index (χ1v) is 14.5. The number of alkyl halides is 1. The van der Waals surface area contributed by atoms with Gasteiger partial charge in [-0.15, -0.1) is 22.9 Å². The molecule has 0 bridgehead atoms. The van der Waals surface area contributed by atoms with Crippen LogP contribution in [-0.4, -0.2) is 52.4 Å². The molecule has 1 aliphatic rings. The normalized spacial score (nSPS) is 14.8. The predicted molar refractivity (Wildman–Crippen MR) is 144 cm³/mol. The van der Waals surface area contributed by atoms with Crippen molar-refractivity contribution in [3.05, 3.63) is 71.1 Å². The molecule has 1 aromatic carbocycles. The highest BCUT2D eigenvalue weighted by molar-refractivity contribution is 7.90. The quantitative estimate of drug-likeness (QED) is 0.285. The molecule has 0 saturated carbocycles. The van der Waals surface area contributed by atoms with Crippen molar-refractivity contribution in [2.75, 3.05) is 30.2 Å². The van der Waals surface area contributed by atoms with Crippen molar-refractivity contribution in [1.82, 2.24) is 18.7 Å².